The molecule has 0 saturated carbocycles. The average molecular weight is 638 g/mol. The van der Waals surface area contributed by atoms with Gasteiger partial charge in [-0.15, -0.1) is 0 Å². The Morgan fingerprint density at radius 2 is 1.14 bits per heavy atom. The molecule has 50 heavy (non-hydrogen) atoms. The van der Waals surface area contributed by atoms with Crippen molar-refractivity contribution >= 4 is 38.8 Å². The lowest BCUT2D eigenvalue weighted by Crippen LogP contribution is -2.05. The highest BCUT2D eigenvalue weighted by Gasteiger charge is 2.22. The molecule has 0 saturated heterocycles. The predicted molar refractivity (Wildman–Crippen MR) is 200 cm³/mol. The van der Waals surface area contributed by atoms with Gasteiger partial charge in [-0.25, -0.2) is 0 Å². The minimum Gasteiger partial charge on any atom is -0.313 e. The molecule has 0 N–H and O–H groups in total. The van der Waals surface area contributed by atoms with Crippen molar-refractivity contribution < 1.29 is 0 Å². The van der Waals surface area contributed by atoms with Gasteiger partial charge < -0.3 is 9.13 Å². The number of nitriles is 3. The Morgan fingerprint density at radius 3 is 1.92 bits per heavy atom. The van der Waals surface area contributed by atoms with Crippen molar-refractivity contribution in [1.82, 2.24) is 9.13 Å². The molecule has 0 aliphatic heterocycles. The van der Waals surface area contributed by atoms with Crippen LogP contribution in [0.2, 0.25) is 0 Å². The van der Waals surface area contributed by atoms with Gasteiger partial charge in [-0.05, 0) is 90.2 Å². The first-order valence-electron chi connectivity index (χ1n) is 16.6. The third-order valence-corrected chi connectivity index (χ3v) is 9.93. The topological polar surface area (TPSA) is 81.2 Å². The standard InChI is InChI=1S/C45H27N5/c46-26-29-13-20-34(35-7-1-5-11-42(35)50-43-12-6-2-8-36(43)38-21-14-31(28-48)25-45(38)50)39(23-29)32-16-18-33(19-17-32)49-41-10-4-3-9-37(41)40-24-30(27-47)15-22-44(40)49/h1-14,16-21,23-25H,15,22H2. The summed E-state index contributed by atoms with van der Waals surface area (Å²) in [5.74, 6) is 0. The van der Waals surface area contributed by atoms with Crippen molar-refractivity contribution in [2.75, 3.05) is 0 Å². The molecule has 5 nitrogen and oxygen atoms in total. The quantitative estimate of drug-likeness (QED) is 0.193. The Kier molecular flexibility index (Phi) is 6.70. The van der Waals surface area contributed by atoms with Crippen LogP contribution in [-0.4, -0.2) is 9.13 Å². The lowest BCUT2D eigenvalue weighted by atomic mass is 9.91. The van der Waals surface area contributed by atoms with E-state index < -0.39 is 0 Å². The smallest absolute Gasteiger partial charge is 0.0992 e. The Balaban J connectivity index is 1.22. The molecule has 0 atom stereocenters. The molecule has 2 heterocycles. The van der Waals surface area contributed by atoms with Gasteiger partial charge in [0.2, 0.25) is 0 Å². The van der Waals surface area contributed by atoms with E-state index in [2.05, 4.69) is 94.1 Å². The second-order valence-corrected chi connectivity index (χ2v) is 12.6. The minimum atomic E-state index is 0.589. The van der Waals surface area contributed by atoms with Gasteiger partial charge in [-0.1, -0.05) is 78.9 Å². The maximum Gasteiger partial charge on any atom is 0.0992 e. The number of para-hydroxylation sites is 3. The van der Waals surface area contributed by atoms with Crippen molar-refractivity contribution in [3.63, 3.8) is 0 Å². The molecule has 6 aromatic carbocycles. The zero-order valence-corrected chi connectivity index (χ0v) is 26.9. The van der Waals surface area contributed by atoms with Crippen molar-refractivity contribution in [3.8, 4) is 51.8 Å². The average Bonchev–Trinajstić information content (AvgIpc) is 3.69. The molecule has 0 spiro atoms. The van der Waals surface area contributed by atoms with Crippen LogP contribution in [0.5, 0.6) is 0 Å². The van der Waals surface area contributed by atoms with E-state index in [1.165, 1.54) is 5.69 Å². The van der Waals surface area contributed by atoms with E-state index >= 15 is 0 Å². The molecule has 232 valence electrons. The van der Waals surface area contributed by atoms with Gasteiger partial charge in [0.25, 0.3) is 0 Å². The zero-order chi connectivity index (χ0) is 33.8. The highest BCUT2D eigenvalue weighted by Crippen LogP contribution is 2.41. The van der Waals surface area contributed by atoms with Crippen LogP contribution in [0.3, 0.4) is 0 Å². The Labute approximate surface area is 289 Å². The first-order valence-corrected chi connectivity index (χ1v) is 16.6. The summed E-state index contributed by atoms with van der Waals surface area (Å²) in [7, 11) is 0. The SMILES string of the molecule is N#CC1=Cc2c(n(-c3ccc(-c4cc(C#N)ccc4-c4ccccc4-n4c5ccccc5c5ccc(C#N)cc54)cc3)c3ccccc23)CC1. The third kappa shape index (κ3) is 4.45. The number of hydrogen-bond acceptors (Lipinski definition) is 3. The maximum absolute atomic E-state index is 9.97. The van der Waals surface area contributed by atoms with Crippen LogP contribution in [0, 0.1) is 34.0 Å². The Bertz CT molecular complexity index is 2840. The van der Waals surface area contributed by atoms with E-state index in [9.17, 15) is 15.8 Å². The normalized spacial score (nSPS) is 12.3. The maximum atomic E-state index is 9.97. The van der Waals surface area contributed by atoms with E-state index in [1.54, 1.807) is 0 Å². The Morgan fingerprint density at radius 1 is 0.480 bits per heavy atom. The third-order valence-electron chi connectivity index (χ3n) is 9.93. The Hall–Kier alpha value is -7.13. The van der Waals surface area contributed by atoms with Gasteiger partial charge in [0.1, 0.15) is 0 Å². The summed E-state index contributed by atoms with van der Waals surface area (Å²) in [6, 6.07) is 52.4. The minimum absolute atomic E-state index is 0.589. The van der Waals surface area contributed by atoms with Crippen LogP contribution in [-0.2, 0) is 6.42 Å². The van der Waals surface area contributed by atoms with Crippen LogP contribution >= 0.6 is 0 Å². The molecular formula is C45H27N5. The summed E-state index contributed by atoms with van der Waals surface area (Å²) in [5, 5.41) is 32.7. The highest BCUT2D eigenvalue weighted by atomic mass is 15.0. The molecule has 0 unspecified atom stereocenters. The van der Waals surface area contributed by atoms with Crippen LogP contribution in [0.4, 0.5) is 0 Å². The number of benzene rings is 6. The van der Waals surface area contributed by atoms with Gasteiger partial charge in [0.05, 0.1) is 51.6 Å². The molecule has 1 aliphatic carbocycles. The molecule has 2 aromatic heterocycles. The number of hydrogen-bond donors (Lipinski definition) is 0. The number of nitrogens with zero attached hydrogens (tertiary/aromatic N) is 5. The van der Waals surface area contributed by atoms with Crippen molar-refractivity contribution in [2.24, 2.45) is 0 Å². The number of allylic oxidation sites excluding steroid dienone is 1. The molecule has 0 bridgehead atoms. The first-order chi connectivity index (χ1) is 24.7. The fraction of sp³-hybridized carbons (Fsp3) is 0.0444. The van der Waals surface area contributed by atoms with Gasteiger partial charge in [0.15, 0.2) is 0 Å². The van der Waals surface area contributed by atoms with Crippen molar-refractivity contribution in [3.05, 3.63) is 161 Å². The summed E-state index contributed by atoms with van der Waals surface area (Å²) >= 11 is 0. The molecule has 0 radical (unpaired) electrons. The molecular weight excluding hydrogens is 611 g/mol. The van der Waals surface area contributed by atoms with Gasteiger partial charge in [-0.3, -0.25) is 0 Å². The summed E-state index contributed by atoms with van der Waals surface area (Å²) in [5.41, 5.74) is 13.5. The van der Waals surface area contributed by atoms with Crippen molar-refractivity contribution in [1.29, 1.82) is 15.8 Å². The monoisotopic (exact) mass is 637 g/mol. The summed E-state index contributed by atoms with van der Waals surface area (Å²) in [4.78, 5) is 0. The fourth-order valence-electron chi connectivity index (χ4n) is 7.68. The second kappa shape index (κ2) is 11.5. The predicted octanol–water partition coefficient (Wildman–Crippen LogP) is 10.7. The summed E-state index contributed by atoms with van der Waals surface area (Å²) in [6.45, 7) is 0. The summed E-state index contributed by atoms with van der Waals surface area (Å²) < 4.78 is 4.57. The fourth-order valence-corrected chi connectivity index (χ4v) is 7.68. The molecule has 8 aromatic rings. The molecule has 1 aliphatic rings. The molecule has 9 rings (SSSR count). The number of rotatable bonds is 4. The van der Waals surface area contributed by atoms with Crippen LogP contribution < -0.4 is 0 Å². The van der Waals surface area contributed by atoms with Crippen molar-refractivity contribution in [2.45, 2.75) is 12.8 Å². The van der Waals surface area contributed by atoms with Crippen LogP contribution in [0.15, 0.2) is 139 Å². The number of fused-ring (bicyclic) bond motifs is 6. The highest BCUT2D eigenvalue weighted by molar-refractivity contribution is 6.10. The lowest BCUT2D eigenvalue weighted by molar-refractivity contribution is 0.871. The van der Waals surface area contributed by atoms with E-state index in [-0.39, 0.29) is 0 Å². The van der Waals surface area contributed by atoms with Gasteiger partial charge >= 0.3 is 0 Å². The first kappa shape index (κ1) is 29.0. The number of aromatic nitrogens is 2. The van der Waals surface area contributed by atoms with Crippen LogP contribution in [0.1, 0.15) is 28.8 Å². The zero-order valence-electron chi connectivity index (χ0n) is 26.9. The lowest BCUT2D eigenvalue weighted by Gasteiger charge is -2.18. The van der Waals surface area contributed by atoms with E-state index in [0.29, 0.717) is 11.1 Å². The van der Waals surface area contributed by atoms with E-state index in [0.717, 1.165) is 90.3 Å². The largest absolute Gasteiger partial charge is 0.313 e. The van der Waals surface area contributed by atoms with E-state index in [4.69, 9.17) is 0 Å². The van der Waals surface area contributed by atoms with Gasteiger partial charge in [0, 0.05) is 44.2 Å². The van der Waals surface area contributed by atoms with Gasteiger partial charge in [-0.2, -0.15) is 15.8 Å². The molecule has 0 fully saturated rings. The second-order valence-electron chi connectivity index (χ2n) is 12.6. The molecule has 0 amide bonds. The van der Waals surface area contributed by atoms with Crippen LogP contribution in [0.25, 0.3) is 72.4 Å². The molecule has 5 heteroatoms. The summed E-state index contributed by atoms with van der Waals surface area (Å²) in [6.07, 6.45) is 3.57. The van der Waals surface area contributed by atoms with E-state index in [1.807, 2.05) is 72.8 Å².